The first-order valence-corrected chi connectivity index (χ1v) is 13.8. The molecule has 1 unspecified atom stereocenters. The minimum absolute atomic E-state index is 0.131. The van der Waals surface area contributed by atoms with E-state index in [2.05, 4.69) is 48.3 Å². The predicted octanol–water partition coefficient (Wildman–Crippen LogP) is 7.19. The summed E-state index contributed by atoms with van der Waals surface area (Å²) in [6, 6.07) is 7.08. The van der Waals surface area contributed by atoms with Crippen LogP contribution in [0.2, 0.25) is 0 Å². The number of halogens is 3. The Morgan fingerprint density at radius 1 is 0.972 bits per heavy atom. The summed E-state index contributed by atoms with van der Waals surface area (Å²) >= 11 is 0. The molecule has 4 bridgehead atoms. The van der Waals surface area contributed by atoms with E-state index in [4.69, 9.17) is 0 Å². The molecular weight excluding hydrogens is 461 g/mol. The first kappa shape index (κ1) is 27.3. The monoisotopic (exact) mass is 504 g/mol. The highest BCUT2D eigenvalue weighted by molar-refractivity contribution is 5.28. The van der Waals surface area contributed by atoms with Gasteiger partial charge >= 0.3 is 6.36 Å². The highest BCUT2D eigenvalue weighted by atomic mass is 19.4. The van der Waals surface area contributed by atoms with E-state index in [9.17, 15) is 13.2 Å². The molecule has 1 aromatic carbocycles. The van der Waals surface area contributed by atoms with Crippen molar-refractivity contribution < 1.29 is 17.9 Å². The standard InChI is InChI=1S/C30H43F3N2O/c1-20(2)5-4-6-21(3)13-27(19-22-7-9-28(10-8-22)36-30(31,32)33)34-11-12-35-29-25-15-23-14-24(17-25)18-26(29)16-23/h5,7-10,13,23-27,29,34-35H,4,6,11-12,14-19H2,1-3H3/b21-13+. The van der Waals surface area contributed by atoms with Gasteiger partial charge in [-0.25, -0.2) is 0 Å². The third-order valence-corrected chi connectivity index (χ3v) is 8.33. The van der Waals surface area contributed by atoms with E-state index in [1.165, 1.54) is 55.4 Å². The van der Waals surface area contributed by atoms with E-state index in [-0.39, 0.29) is 11.8 Å². The maximum Gasteiger partial charge on any atom is 0.573 e. The topological polar surface area (TPSA) is 33.3 Å². The second kappa shape index (κ2) is 12.2. The van der Waals surface area contributed by atoms with Crippen LogP contribution in [0, 0.1) is 23.7 Å². The fraction of sp³-hybridized carbons (Fsp3) is 0.667. The molecule has 6 heteroatoms. The van der Waals surface area contributed by atoms with Crippen molar-refractivity contribution in [1.29, 1.82) is 0 Å². The average Bonchev–Trinajstić information content (AvgIpc) is 2.77. The summed E-state index contributed by atoms with van der Waals surface area (Å²) in [5, 5.41) is 7.61. The zero-order chi connectivity index (χ0) is 25.7. The molecular formula is C30H43F3N2O. The van der Waals surface area contributed by atoms with Crippen molar-refractivity contribution in [3.8, 4) is 5.75 Å². The molecule has 200 valence electrons. The Hall–Kier alpha value is -1.79. The largest absolute Gasteiger partial charge is 0.573 e. The van der Waals surface area contributed by atoms with Crippen LogP contribution in [0.15, 0.2) is 47.6 Å². The van der Waals surface area contributed by atoms with Gasteiger partial charge in [0.25, 0.3) is 0 Å². The van der Waals surface area contributed by atoms with Crippen LogP contribution in [0.3, 0.4) is 0 Å². The number of alkyl halides is 3. The van der Waals surface area contributed by atoms with Crippen molar-refractivity contribution in [2.24, 2.45) is 23.7 Å². The molecule has 4 fully saturated rings. The number of rotatable bonds is 12. The van der Waals surface area contributed by atoms with Gasteiger partial charge in [0.2, 0.25) is 0 Å². The lowest BCUT2D eigenvalue weighted by Gasteiger charge is -2.54. The van der Waals surface area contributed by atoms with Gasteiger partial charge in [-0.1, -0.05) is 35.4 Å². The quantitative estimate of drug-likeness (QED) is 0.233. The van der Waals surface area contributed by atoms with Gasteiger partial charge in [0.15, 0.2) is 0 Å². The fourth-order valence-corrected chi connectivity index (χ4v) is 7.04. The Kier molecular flexibility index (Phi) is 9.21. The van der Waals surface area contributed by atoms with Crippen LogP contribution >= 0.6 is 0 Å². The van der Waals surface area contributed by atoms with E-state index in [0.717, 1.165) is 61.6 Å². The number of benzene rings is 1. The summed E-state index contributed by atoms with van der Waals surface area (Å²) in [7, 11) is 0. The molecule has 4 aliphatic rings. The molecule has 5 rings (SSSR count). The van der Waals surface area contributed by atoms with E-state index >= 15 is 0 Å². The molecule has 1 aromatic rings. The summed E-state index contributed by atoms with van der Waals surface area (Å²) in [6.45, 7) is 8.23. The smallest absolute Gasteiger partial charge is 0.406 e. The summed E-state index contributed by atoms with van der Waals surface area (Å²) in [4.78, 5) is 0. The van der Waals surface area contributed by atoms with Crippen LogP contribution in [0.25, 0.3) is 0 Å². The second-order valence-electron chi connectivity index (χ2n) is 11.7. The molecule has 0 heterocycles. The summed E-state index contributed by atoms with van der Waals surface area (Å²) in [6.07, 6.45) is 9.80. The number of hydrogen-bond acceptors (Lipinski definition) is 3. The first-order valence-electron chi connectivity index (χ1n) is 13.8. The van der Waals surface area contributed by atoms with Gasteiger partial charge in [-0.3, -0.25) is 0 Å². The van der Waals surface area contributed by atoms with Crippen LogP contribution in [-0.2, 0) is 6.42 Å². The Balaban J connectivity index is 1.31. The molecule has 0 radical (unpaired) electrons. The second-order valence-corrected chi connectivity index (χ2v) is 11.7. The van der Waals surface area contributed by atoms with Crippen molar-refractivity contribution in [3.05, 3.63) is 53.1 Å². The highest BCUT2D eigenvalue weighted by Gasteiger charge is 2.47. The number of allylic oxidation sites excluding steroid dienone is 3. The Bertz CT molecular complexity index is 874. The lowest BCUT2D eigenvalue weighted by Crippen LogP contribution is -2.55. The third-order valence-electron chi connectivity index (χ3n) is 8.33. The predicted molar refractivity (Wildman–Crippen MR) is 140 cm³/mol. The Morgan fingerprint density at radius 2 is 1.61 bits per heavy atom. The Morgan fingerprint density at radius 3 is 2.19 bits per heavy atom. The minimum Gasteiger partial charge on any atom is -0.406 e. The Labute approximate surface area is 215 Å². The van der Waals surface area contributed by atoms with Crippen molar-refractivity contribution in [2.75, 3.05) is 13.1 Å². The van der Waals surface area contributed by atoms with Gasteiger partial charge in [-0.15, -0.1) is 13.2 Å². The van der Waals surface area contributed by atoms with Crippen molar-refractivity contribution in [2.45, 2.75) is 90.6 Å². The molecule has 2 N–H and O–H groups in total. The van der Waals surface area contributed by atoms with Gasteiger partial charge in [-0.2, -0.15) is 0 Å². The van der Waals surface area contributed by atoms with Gasteiger partial charge < -0.3 is 15.4 Å². The van der Waals surface area contributed by atoms with Crippen molar-refractivity contribution in [1.82, 2.24) is 10.6 Å². The fourth-order valence-electron chi connectivity index (χ4n) is 7.04. The molecule has 4 saturated carbocycles. The van der Waals surface area contributed by atoms with Crippen LogP contribution in [0.5, 0.6) is 5.75 Å². The highest BCUT2D eigenvalue weighted by Crippen LogP contribution is 2.53. The lowest BCUT2D eigenvalue weighted by molar-refractivity contribution is -0.274. The zero-order valence-electron chi connectivity index (χ0n) is 22.0. The molecule has 0 aliphatic heterocycles. The van der Waals surface area contributed by atoms with Gasteiger partial charge in [-0.05, 0) is 114 Å². The molecule has 3 nitrogen and oxygen atoms in total. The SMILES string of the molecule is CC(C)=CCC/C(C)=C/C(Cc1ccc(OC(F)(F)F)cc1)NCCNC1C2CC3CC(C2)CC1C3. The molecule has 1 atom stereocenters. The van der Waals surface area contributed by atoms with Crippen LogP contribution in [-0.4, -0.2) is 31.5 Å². The number of ether oxygens (including phenoxy) is 1. The van der Waals surface area contributed by atoms with E-state index in [0.29, 0.717) is 6.04 Å². The van der Waals surface area contributed by atoms with Crippen LogP contribution in [0.4, 0.5) is 13.2 Å². The van der Waals surface area contributed by atoms with E-state index in [1.54, 1.807) is 12.1 Å². The van der Waals surface area contributed by atoms with E-state index in [1.807, 2.05) is 0 Å². The van der Waals surface area contributed by atoms with Gasteiger partial charge in [0.1, 0.15) is 5.75 Å². The maximum absolute atomic E-state index is 12.5. The van der Waals surface area contributed by atoms with Crippen LogP contribution in [0.1, 0.15) is 71.3 Å². The molecule has 0 aromatic heterocycles. The maximum atomic E-state index is 12.5. The summed E-state index contributed by atoms with van der Waals surface area (Å²) in [5.41, 5.74) is 3.65. The zero-order valence-corrected chi connectivity index (χ0v) is 22.0. The molecule has 0 saturated heterocycles. The average molecular weight is 505 g/mol. The molecule has 0 spiro atoms. The third kappa shape index (κ3) is 8.11. The van der Waals surface area contributed by atoms with Crippen molar-refractivity contribution in [3.63, 3.8) is 0 Å². The summed E-state index contributed by atoms with van der Waals surface area (Å²) < 4.78 is 41.5. The first-order chi connectivity index (χ1) is 17.1. The molecule has 0 amide bonds. The molecule has 4 aliphatic carbocycles. The van der Waals surface area contributed by atoms with E-state index < -0.39 is 6.36 Å². The number of nitrogens with one attached hydrogen (secondary N) is 2. The van der Waals surface area contributed by atoms with Gasteiger partial charge in [0.05, 0.1) is 0 Å². The van der Waals surface area contributed by atoms with Gasteiger partial charge in [0, 0.05) is 25.2 Å². The normalized spacial score (nSPS) is 28.3. The minimum atomic E-state index is -4.67. The lowest BCUT2D eigenvalue weighted by atomic mass is 9.54. The van der Waals surface area contributed by atoms with Crippen LogP contribution < -0.4 is 15.4 Å². The molecule has 36 heavy (non-hydrogen) atoms. The summed E-state index contributed by atoms with van der Waals surface area (Å²) in [5.74, 6) is 3.53. The van der Waals surface area contributed by atoms with Crippen molar-refractivity contribution >= 4 is 0 Å². The number of hydrogen-bond donors (Lipinski definition) is 2.